The van der Waals surface area contributed by atoms with Gasteiger partial charge in [-0.1, -0.05) is 96.6 Å². The minimum absolute atomic E-state index is 0.558. The third-order valence-electron chi connectivity index (χ3n) is 5.56. The second-order valence-electron chi connectivity index (χ2n) is 7.98. The number of likely N-dealkylation sites (tertiary alicyclic amines) is 1. The van der Waals surface area contributed by atoms with Crippen LogP contribution in [0.2, 0.25) is 0 Å². The molecule has 1 aliphatic heterocycles. The van der Waals surface area contributed by atoms with Crippen LogP contribution in [0, 0.1) is 0 Å². The molecular formula is C29H29NO4. The number of rotatable bonds is 6. The van der Waals surface area contributed by atoms with E-state index in [1.165, 1.54) is 22.3 Å². The van der Waals surface area contributed by atoms with Crippen molar-refractivity contribution in [3.63, 3.8) is 0 Å². The number of piperidine rings is 1. The first kappa shape index (κ1) is 24.7. The lowest BCUT2D eigenvalue weighted by Gasteiger charge is -2.30. The van der Waals surface area contributed by atoms with E-state index in [-0.39, 0.29) is 0 Å². The predicted molar refractivity (Wildman–Crippen MR) is 134 cm³/mol. The molecule has 1 aliphatic rings. The van der Waals surface area contributed by atoms with E-state index in [0.29, 0.717) is 12.2 Å². The molecule has 3 aromatic carbocycles. The van der Waals surface area contributed by atoms with Gasteiger partial charge in [0, 0.05) is 31.8 Å². The van der Waals surface area contributed by atoms with Gasteiger partial charge in [-0.25, -0.2) is 9.59 Å². The van der Waals surface area contributed by atoms with Gasteiger partial charge < -0.3 is 10.2 Å². The molecule has 5 heteroatoms. The van der Waals surface area contributed by atoms with Crippen LogP contribution in [-0.4, -0.2) is 40.1 Å². The second kappa shape index (κ2) is 12.9. The first-order chi connectivity index (χ1) is 16.5. The number of hydrogen-bond donors (Lipinski definition) is 2. The topological polar surface area (TPSA) is 77.8 Å². The number of carbonyl (C=O) groups is 2. The molecule has 34 heavy (non-hydrogen) atoms. The zero-order chi connectivity index (χ0) is 24.2. The molecule has 2 N–H and O–H groups in total. The van der Waals surface area contributed by atoms with E-state index in [1.54, 1.807) is 5.57 Å². The maximum Gasteiger partial charge on any atom is 0.328 e. The highest BCUT2D eigenvalue weighted by atomic mass is 16.4. The van der Waals surface area contributed by atoms with Crippen molar-refractivity contribution in [1.29, 1.82) is 0 Å². The van der Waals surface area contributed by atoms with Crippen LogP contribution >= 0.6 is 0 Å². The molecule has 5 nitrogen and oxygen atoms in total. The van der Waals surface area contributed by atoms with E-state index in [4.69, 9.17) is 10.2 Å². The molecule has 0 saturated carbocycles. The van der Waals surface area contributed by atoms with E-state index < -0.39 is 11.9 Å². The summed E-state index contributed by atoms with van der Waals surface area (Å²) < 4.78 is 0. The van der Waals surface area contributed by atoms with E-state index >= 15 is 0 Å². The molecule has 0 atom stereocenters. The number of aliphatic carboxylic acids is 2. The van der Waals surface area contributed by atoms with Gasteiger partial charge in [0.05, 0.1) is 0 Å². The second-order valence-corrected chi connectivity index (χ2v) is 7.98. The molecule has 3 aromatic rings. The van der Waals surface area contributed by atoms with Crippen LogP contribution in [0.3, 0.4) is 0 Å². The summed E-state index contributed by atoms with van der Waals surface area (Å²) in [7, 11) is 0. The minimum Gasteiger partial charge on any atom is -0.478 e. The number of hydrogen-bond acceptors (Lipinski definition) is 3. The van der Waals surface area contributed by atoms with Crippen molar-refractivity contribution in [3.05, 3.63) is 125 Å². The summed E-state index contributed by atoms with van der Waals surface area (Å²) in [6.45, 7) is 3.32. The van der Waals surface area contributed by atoms with Gasteiger partial charge in [0.2, 0.25) is 0 Å². The van der Waals surface area contributed by atoms with Gasteiger partial charge >= 0.3 is 11.9 Å². The molecule has 1 saturated heterocycles. The van der Waals surface area contributed by atoms with Gasteiger partial charge in [-0.2, -0.15) is 0 Å². The molecule has 0 spiro atoms. The van der Waals surface area contributed by atoms with Gasteiger partial charge in [0.15, 0.2) is 0 Å². The zero-order valence-electron chi connectivity index (χ0n) is 19.0. The Labute approximate surface area is 200 Å². The quantitative estimate of drug-likeness (QED) is 0.480. The molecule has 0 radical (unpaired) electrons. The minimum atomic E-state index is -1.26. The monoisotopic (exact) mass is 455 g/mol. The van der Waals surface area contributed by atoms with Crippen molar-refractivity contribution in [2.45, 2.75) is 19.4 Å². The fourth-order valence-corrected chi connectivity index (χ4v) is 4.00. The van der Waals surface area contributed by atoms with Crippen molar-refractivity contribution < 1.29 is 19.8 Å². The molecule has 4 rings (SSSR count). The summed E-state index contributed by atoms with van der Waals surface area (Å²) >= 11 is 0. The molecule has 0 amide bonds. The first-order valence-corrected chi connectivity index (χ1v) is 11.3. The van der Waals surface area contributed by atoms with E-state index in [1.807, 2.05) is 0 Å². The summed E-state index contributed by atoms with van der Waals surface area (Å²) in [5.41, 5.74) is 7.11. The molecule has 174 valence electrons. The molecular weight excluding hydrogens is 426 g/mol. The third-order valence-corrected chi connectivity index (χ3v) is 5.56. The Balaban J connectivity index is 0.000000350. The third kappa shape index (κ3) is 7.87. The largest absolute Gasteiger partial charge is 0.478 e. The van der Waals surface area contributed by atoms with Crippen LogP contribution < -0.4 is 0 Å². The van der Waals surface area contributed by atoms with Crippen molar-refractivity contribution >= 4 is 17.5 Å². The van der Waals surface area contributed by atoms with E-state index in [9.17, 15) is 9.59 Å². The van der Waals surface area contributed by atoms with E-state index in [0.717, 1.165) is 32.5 Å². The Hall–Kier alpha value is -3.96. The van der Waals surface area contributed by atoms with Gasteiger partial charge in [0.1, 0.15) is 0 Å². The van der Waals surface area contributed by atoms with Crippen LogP contribution in [0.25, 0.3) is 5.57 Å². The lowest BCUT2D eigenvalue weighted by atomic mass is 9.88. The van der Waals surface area contributed by atoms with Crippen LogP contribution in [0.1, 0.15) is 29.5 Å². The summed E-state index contributed by atoms with van der Waals surface area (Å²) in [5.74, 6) is -2.51. The summed E-state index contributed by atoms with van der Waals surface area (Å²) in [5, 5.41) is 15.6. The normalized spacial score (nSPS) is 13.7. The smallest absolute Gasteiger partial charge is 0.328 e. The molecule has 0 unspecified atom stereocenters. The summed E-state index contributed by atoms with van der Waals surface area (Å²) in [6.07, 6.45) is 3.41. The summed E-state index contributed by atoms with van der Waals surface area (Å²) in [6, 6.07) is 32.5. The Kier molecular flexibility index (Phi) is 9.38. The number of benzene rings is 3. The Morgan fingerprint density at radius 3 is 1.50 bits per heavy atom. The van der Waals surface area contributed by atoms with Gasteiger partial charge in [0.25, 0.3) is 0 Å². The lowest BCUT2D eigenvalue weighted by Crippen LogP contribution is -2.30. The Bertz CT molecular complexity index is 1060. The van der Waals surface area contributed by atoms with Gasteiger partial charge in [-0.3, -0.25) is 4.90 Å². The molecule has 0 aliphatic carbocycles. The maximum atomic E-state index is 9.55. The van der Waals surface area contributed by atoms with Crippen molar-refractivity contribution in [2.24, 2.45) is 0 Å². The highest BCUT2D eigenvalue weighted by Crippen LogP contribution is 2.32. The Morgan fingerprint density at radius 2 is 1.09 bits per heavy atom. The lowest BCUT2D eigenvalue weighted by molar-refractivity contribution is -0.134. The van der Waals surface area contributed by atoms with Crippen LogP contribution in [-0.2, 0) is 16.1 Å². The van der Waals surface area contributed by atoms with Crippen molar-refractivity contribution in [3.8, 4) is 0 Å². The SMILES string of the molecule is O=C(O)C=CC(=O)O.c1ccc(CN2CCC(=C(c3ccccc3)c3ccccc3)CC2)cc1. The Morgan fingerprint density at radius 1 is 0.676 bits per heavy atom. The number of carboxylic acid groups (broad SMARTS) is 2. The highest BCUT2D eigenvalue weighted by Gasteiger charge is 2.19. The van der Waals surface area contributed by atoms with Crippen LogP contribution in [0.5, 0.6) is 0 Å². The first-order valence-electron chi connectivity index (χ1n) is 11.3. The fraction of sp³-hybridized carbons (Fsp3) is 0.172. The maximum absolute atomic E-state index is 9.55. The zero-order valence-corrected chi connectivity index (χ0v) is 19.0. The number of carboxylic acids is 2. The van der Waals surface area contributed by atoms with Crippen molar-refractivity contribution in [1.82, 2.24) is 4.90 Å². The average molecular weight is 456 g/mol. The standard InChI is InChI=1S/C25H25N.C4H4O4/c1-4-10-21(11-5-1)20-26-18-16-24(17-19-26)25(22-12-6-2-7-13-22)23-14-8-3-9-15-23;5-3(6)1-2-4(7)8/h1-15H,16-20H2;1-2H,(H,5,6)(H,7,8). The molecule has 0 aromatic heterocycles. The molecule has 1 heterocycles. The van der Waals surface area contributed by atoms with Gasteiger partial charge in [-0.15, -0.1) is 0 Å². The van der Waals surface area contributed by atoms with E-state index in [2.05, 4.69) is 95.9 Å². The van der Waals surface area contributed by atoms with Crippen molar-refractivity contribution in [2.75, 3.05) is 13.1 Å². The average Bonchev–Trinajstić information content (AvgIpc) is 2.86. The molecule has 1 fully saturated rings. The summed E-state index contributed by atoms with van der Waals surface area (Å²) in [4.78, 5) is 21.7. The predicted octanol–water partition coefficient (Wildman–Crippen LogP) is 5.50. The van der Waals surface area contributed by atoms with Gasteiger partial charge in [-0.05, 0) is 35.1 Å². The molecule has 0 bridgehead atoms. The number of nitrogens with zero attached hydrogens (tertiary/aromatic N) is 1. The van der Waals surface area contributed by atoms with Crippen LogP contribution in [0.15, 0.2) is 109 Å². The van der Waals surface area contributed by atoms with Crippen LogP contribution in [0.4, 0.5) is 0 Å². The fourth-order valence-electron chi connectivity index (χ4n) is 4.00. The highest BCUT2D eigenvalue weighted by molar-refractivity contribution is 5.89.